The summed E-state index contributed by atoms with van der Waals surface area (Å²) in [4.78, 5) is 14.6. The van der Waals surface area contributed by atoms with E-state index >= 15 is 0 Å². The Labute approximate surface area is 130 Å². The van der Waals surface area contributed by atoms with Crippen LogP contribution in [0.3, 0.4) is 0 Å². The molecule has 3 rings (SSSR count). The van der Waals surface area contributed by atoms with E-state index < -0.39 is 0 Å². The molecular formula is C17H23FN2O2. The lowest BCUT2D eigenvalue weighted by Gasteiger charge is -2.29. The second-order valence-corrected chi connectivity index (χ2v) is 6.48. The fraction of sp³-hybridized carbons (Fsp3) is 0.588. The van der Waals surface area contributed by atoms with Crippen LogP contribution in [0.5, 0.6) is 0 Å². The number of rotatable bonds is 3. The Hall–Kier alpha value is -1.46. The maximum atomic E-state index is 13.6. The average Bonchev–Trinajstić information content (AvgIpc) is 3.10. The van der Waals surface area contributed by atoms with Gasteiger partial charge in [-0.2, -0.15) is 0 Å². The number of halogens is 1. The van der Waals surface area contributed by atoms with Crippen LogP contribution in [-0.4, -0.2) is 47.2 Å². The Bertz CT molecular complexity index is 564. The molecule has 1 saturated heterocycles. The van der Waals surface area contributed by atoms with Crippen molar-refractivity contribution < 1.29 is 14.3 Å². The van der Waals surface area contributed by atoms with Crippen molar-refractivity contribution in [1.82, 2.24) is 10.2 Å². The first kappa shape index (κ1) is 15.4. The second-order valence-electron chi connectivity index (χ2n) is 6.48. The van der Waals surface area contributed by atoms with Gasteiger partial charge in [0.2, 0.25) is 0 Å². The lowest BCUT2D eigenvalue weighted by molar-refractivity contribution is 0.0905. The molecule has 0 spiro atoms. The number of nitrogens with zero attached hydrogens (tertiary/aromatic N) is 1. The first-order valence-corrected chi connectivity index (χ1v) is 8.03. The number of likely N-dealkylation sites (tertiary alicyclic amines) is 1. The topological polar surface area (TPSA) is 52.6 Å². The van der Waals surface area contributed by atoms with E-state index in [9.17, 15) is 14.3 Å². The van der Waals surface area contributed by atoms with Gasteiger partial charge in [0.05, 0.1) is 6.10 Å². The highest BCUT2D eigenvalue weighted by molar-refractivity contribution is 5.94. The van der Waals surface area contributed by atoms with Crippen LogP contribution in [-0.2, 0) is 0 Å². The third-order valence-electron chi connectivity index (χ3n) is 4.89. The van der Waals surface area contributed by atoms with Gasteiger partial charge in [-0.15, -0.1) is 0 Å². The largest absolute Gasteiger partial charge is 0.392 e. The molecule has 0 radical (unpaired) electrons. The molecule has 4 nitrogen and oxygen atoms in total. The van der Waals surface area contributed by atoms with Gasteiger partial charge < -0.3 is 10.4 Å². The third kappa shape index (κ3) is 3.15. The smallest absolute Gasteiger partial charge is 0.251 e. The molecule has 3 atom stereocenters. The molecule has 0 aromatic heterocycles. The molecule has 1 heterocycles. The van der Waals surface area contributed by atoms with Crippen LogP contribution in [0.25, 0.3) is 0 Å². The van der Waals surface area contributed by atoms with Gasteiger partial charge in [-0.25, -0.2) is 4.39 Å². The van der Waals surface area contributed by atoms with Crippen molar-refractivity contribution >= 4 is 5.91 Å². The maximum absolute atomic E-state index is 13.6. The standard InChI is InChI=1S/C17H23FN2O2/c1-11-5-6-12(9-14(11)18)17(22)19-15-3-2-4-16(15)20-8-7-13(21)10-20/h5-6,9,13,15-16,21H,2-4,7-8,10H2,1H3,(H,19,22)/t13?,15-,16+/m1/s1. The van der Waals surface area contributed by atoms with Gasteiger partial charge >= 0.3 is 0 Å². The van der Waals surface area contributed by atoms with Crippen LogP contribution < -0.4 is 5.32 Å². The lowest BCUT2D eigenvalue weighted by Crippen LogP contribution is -2.48. The highest BCUT2D eigenvalue weighted by Crippen LogP contribution is 2.27. The summed E-state index contributed by atoms with van der Waals surface area (Å²) in [6.07, 6.45) is 3.62. The zero-order valence-corrected chi connectivity index (χ0v) is 12.9. The summed E-state index contributed by atoms with van der Waals surface area (Å²) in [6.45, 7) is 3.26. The number of benzene rings is 1. The van der Waals surface area contributed by atoms with Gasteiger partial charge in [0.1, 0.15) is 5.82 Å². The van der Waals surface area contributed by atoms with Crippen LogP contribution in [0, 0.1) is 12.7 Å². The van der Waals surface area contributed by atoms with Crippen molar-refractivity contribution in [3.05, 3.63) is 35.1 Å². The molecule has 1 aliphatic carbocycles. The summed E-state index contributed by atoms with van der Waals surface area (Å²) in [5, 5.41) is 12.7. The van der Waals surface area contributed by atoms with Gasteiger partial charge in [0.15, 0.2) is 0 Å². The van der Waals surface area contributed by atoms with Crippen molar-refractivity contribution in [2.75, 3.05) is 13.1 Å². The molecule has 2 aliphatic rings. The van der Waals surface area contributed by atoms with E-state index in [1.54, 1.807) is 19.1 Å². The fourth-order valence-electron chi connectivity index (χ4n) is 3.60. The van der Waals surface area contributed by atoms with Crippen molar-refractivity contribution in [2.24, 2.45) is 0 Å². The molecule has 1 unspecified atom stereocenters. The van der Waals surface area contributed by atoms with E-state index in [4.69, 9.17) is 0 Å². The number of nitrogens with one attached hydrogen (secondary N) is 1. The van der Waals surface area contributed by atoms with E-state index in [0.29, 0.717) is 17.7 Å². The van der Waals surface area contributed by atoms with Gasteiger partial charge in [0.25, 0.3) is 5.91 Å². The summed E-state index contributed by atoms with van der Waals surface area (Å²) in [5.41, 5.74) is 0.913. The normalized spacial score (nSPS) is 29.0. The Morgan fingerprint density at radius 3 is 2.86 bits per heavy atom. The lowest BCUT2D eigenvalue weighted by atomic mass is 10.1. The fourth-order valence-corrected chi connectivity index (χ4v) is 3.60. The molecule has 2 N–H and O–H groups in total. The van der Waals surface area contributed by atoms with E-state index in [1.807, 2.05) is 0 Å². The molecular weight excluding hydrogens is 283 g/mol. The van der Waals surface area contributed by atoms with Crippen LogP contribution in [0.2, 0.25) is 0 Å². The van der Waals surface area contributed by atoms with Gasteiger partial charge in [-0.3, -0.25) is 9.69 Å². The summed E-state index contributed by atoms with van der Waals surface area (Å²) >= 11 is 0. The number of aliphatic hydroxyl groups excluding tert-OH is 1. The Kier molecular flexibility index (Phi) is 4.45. The van der Waals surface area contributed by atoms with Crippen molar-refractivity contribution in [3.63, 3.8) is 0 Å². The summed E-state index contributed by atoms with van der Waals surface area (Å²) < 4.78 is 13.6. The quantitative estimate of drug-likeness (QED) is 0.896. The maximum Gasteiger partial charge on any atom is 0.251 e. The monoisotopic (exact) mass is 306 g/mol. The van der Waals surface area contributed by atoms with Crippen molar-refractivity contribution in [2.45, 2.75) is 50.8 Å². The Morgan fingerprint density at radius 1 is 1.36 bits per heavy atom. The first-order chi connectivity index (χ1) is 10.5. The number of aliphatic hydroxyl groups is 1. The number of hydrogen-bond donors (Lipinski definition) is 2. The molecule has 5 heteroatoms. The number of carbonyl (C=O) groups excluding carboxylic acids is 1. The van der Waals surface area contributed by atoms with Gasteiger partial charge in [-0.05, 0) is 50.3 Å². The molecule has 0 bridgehead atoms. The minimum absolute atomic E-state index is 0.0853. The van der Waals surface area contributed by atoms with E-state index in [0.717, 1.165) is 32.2 Å². The summed E-state index contributed by atoms with van der Waals surface area (Å²) in [7, 11) is 0. The molecule has 1 aromatic rings. The molecule has 1 saturated carbocycles. The zero-order valence-electron chi connectivity index (χ0n) is 12.9. The highest BCUT2D eigenvalue weighted by Gasteiger charge is 2.36. The average molecular weight is 306 g/mol. The number of carbonyl (C=O) groups is 1. The molecule has 2 fully saturated rings. The van der Waals surface area contributed by atoms with Gasteiger partial charge in [0, 0.05) is 30.7 Å². The third-order valence-corrected chi connectivity index (χ3v) is 4.89. The molecule has 22 heavy (non-hydrogen) atoms. The van der Waals surface area contributed by atoms with Crippen LogP contribution in [0.4, 0.5) is 4.39 Å². The molecule has 1 aromatic carbocycles. The molecule has 1 aliphatic heterocycles. The van der Waals surface area contributed by atoms with E-state index in [1.165, 1.54) is 6.07 Å². The molecule has 1 amide bonds. The van der Waals surface area contributed by atoms with Gasteiger partial charge in [-0.1, -0.05) is 6.07 Å². The zero-order chi connectivity index (χ0) is 15.7. The Balaban J connectivity index is 1.66. The minimum atomic E-state index is -0.349. The number of aryl methyl sites for hydroxylation is 1. The van der Waals surface area contributed by atoms with Crippen LogP contribution >= 0.6 is 0 Å². The van der Waals surface area contributed by atoms with E-state index in [2.05, 4.69) is 10.2 Å². The summed E-state index contributed by atoms with van der Waals surface area (Å²) in [5.74, 6) is -0.561. The van der Waals surface area contributed by atoms with Crippen molar-refractivity contribution in [1.29, 1.82) is 0 Å². The highest BCUT2D eigenvalue weighted by atomic mass is 19.1. The SMILES string of the molecule is Cc1ccc(C(=O)N[C@@H]2CCC[C@@H]2N2CCC(O)C2)cc1F. The van der Waals surface area contributed by atoms with Crippen molar-refractivity contribution in [3.8, 4) is 0 Å². The Morgan fingerprint density at radius 2 is 2.18 bits per heavy atom. The van der Waals surface area contributed by atoms with E-state index in [-0.39, 0.29) is 29.9 Å². The van der Waals surface area contributed by atoms with Crippen LogP contribution in [0.1, 0.15) is 41.6 Å². The number of β-amino-alcohol motifs (C(OH)–C–C–N with tert-alkyl or cyclic N) is 1. The first-order valence-electron chi connectivity index (χ1n) is 8.03. The van der Waals surface area contributed by atoms with Crippen LogP contribution in [0.15, 0.2) is 18.2 Å². The number of amides is 1. The number of hydrogen-bond acceptors (Lipinski definition) is 3. The predicted octanol–water partition coefficient (Wildman–Crippen LogP) is 1.85. The second kappa shape index (κ2) is 6.34. The minimum Gasteiger partial charge on any atom is -0.392 e. The molecule has 120 valence electrons. The summed E-state index contributed by atoms with van der Waals surface area (Å²) in [6, 6.07) is 4.97. The predicted molar refractivity (Wildman–Crippen MR) is 82.2 cm³/mol.